The summed E-state index contributed by atoms with van der Waals surface area (Å²) in [7, 11) is 0. The van der Waals surface area contributed by atoms with Crippen molar-refractivity contribution in [1.82, 2.24) is 4.90 Å². The van der Waals surface area contributed by atoms with Gasteiger partial charge in [-0.25, -0.2) is 9.59 Å². The fourth-order valence-electron chi connectivity index (χ4n) is 3.80. The second-order valence-electron chi connectivity index (χ2n) is 8.95. The largest absolute Gasteiger partial charge is 0.493 e. The summed E-state index contributed by atoms with van der Waals surface area (Å²) in [6, 6.07) is 19.2. The summed E-state index contributed by atoms with van der Waals surface area (Å²) in [6.07, 6.45) is 0.235. The van der Waals surface area contributed by atoms with Crippen molar-refractivity contribution in [1.29, 1.82) is 0 Å². The van der Waals surface area contributed by atoms with E-state index in [2.05, 4.69) is 15.9 Å². The highest BCUT2D eigenvalue weighted by atomic mass is 79.9. The Morgan fingerprint density at radius 3 is 2.12 bits per heavy atom. The highest BCUT2D eigenvalue weighted by molar-refractivity contribution is 9.10. The summed E-state index contributed by atoms with van der Waals surface area (Å²) in [4.78, 5) is 25.9. The molecule has 1 amide bonds. The zero-order chi connectivity index (χ0) is 29.6. The minimum atomic E-state index is -0.997. The molecule has 0 saturated heterocycles. The second kappa shape index (κ2) is 17.1. The number of carbonyl (C=O) groups is 2. The molecule has 0 spiro atoms. The Labute approximate surface area is 258 Å². The third kappa shape index (κ3) is 11.8. The fourth-order valence-corrected chi connectivity index (χ4v) is 4.57. The third-order valence-corrected chi connectivity index (χ3v) is 6.79. The molecule has 0 aromatic heterocycles. The van der Waals surface area contributed by atoms with Crippen molar-refractivity contribution < 1.29 is 33.6 Å². The molecule has 1 unspecified atom stereocenters. The lowest BCUT2D eigenvalue weighted by Crippen LogP contribution is -2.37. The van der Waals surface area contributed by atoms with Crippen LogP contribution in [0, 0.1) is 0 Å². The minimum absolute atomic E-state index is 0.239. The quantitative estimate of drug-likeness (QED) is 0.158. The zero-order valence-corrected chi connectivity index (χ0v) is 25.7. The number of hydrogen-bond acceptors (Lipinski definition) is 6. The van der Waals surface area contributed by atoms with Crippen LogP contribution in [0.4, 0.5) is 4.79 Å². The molecule has 0 radical (unpaired) electrons. The molecule has 41 heavy (non-hydrogen) atoms. The highest BCUT2D eigenvalue weighted by Crippen LogP contribution is 2.24. The first-order valence-corrected chi connectivity index (χ1v) is 14.7. The van der Waals surface area contributed by atoms with Crippen molar-refractivity contribution in [3.63, 3.8) is 0 Å². The van der Waals surface area contributed by atoms with E-state index in [9.17, 15) is 14.7 Å². The number of carboxylic acid groups (broad SMARTS) is 1. The molecular weight excluding hydrogens is 637 g/mol. The van der Waals surface area contributed by atoms with Crippen molar-refractivity contribution in [3.05, 3.63) is 86.8 Å². The zero-order valence-electron chi connectivity index (χ0n) is 22.6. The number of benzene rings is 3. The number of halogens is 3. The summed E-state index contributed by atoms with van der Waals surface area (Å²) >= 11 is 15.4. The first-order chi connectivity index (χ1) is 19.7. The number of rotatable bonds is 16. The third-order valence-electron chi connectivity index (χ3n) is 5.82. The molecule has 220 valence electrons. The van der Waals surface area contributed by atoms with E-state index in [0.29, 0.717) is 66.4 Å². The molecule has 3 rings (SSSR count). The summed E-state index contributed by atoms with van der Waals surface area (Å²) in [5.41, 5.74) is 0.820. The van der Waals surface area contributed by atoms with Crippen LogP contribution in [0.1, 0.15) is 25.3 Å². The van der Waals surface area contributed by atoms with E-state index in [1.165, 1.54) is 0 Å². The van der Waals surface area contributed by atoms with Gasteiger partial charge >= 0.3 is 12.1 Å². The molecule has 0 saturated carbocycles. The lowest BCUT2D eigenvalue weighted by molar-refractivity contribution is -0.149. The number of carboxylic acids is 1. The molecule has 0 bridgehead atoms. The van der Waals surface area contributed by atoms with Gasteiger partial charge in [-0.15, -0.1) is 0 Å². The van der Waals surface area contributed by atoms with Crippen LogP contribution in [0.15, 0.2) is 71.2 Å². The topological polar surface area (TPSA) is 94.5 Å². The van der Waals surface area contributed by atoms with Gasteiger partial charge in [0.1, 0.15) is 23.9 Å². The van der Waals surface area contributed by atoms with Crippen molar-refractivity contribution in [2.45, 2.75) is 32.3 Å². The van der Waals surface area contributed by atoms with Crippen LogP contribution in [-0.4, -0.2) is 61.1 Å². The van der Waals surface area contributed by atoms with Gasteiger partial charge < -0.3 is 29.0 Å². The van der Waals surface area contributed by atoms with Gasteiger partial charge in [0.25, 0.3) is 0 Å². The maximum absolute atomic E-state index is 13.0. The average molecular weight is 669 g/mol. The van der Waals surface area contributed by atoms with E-state index in [-0.39, 0.29) is 13.0 Å². The molecule has 3 aromatic carbocycles. The van der Waals surface area contributed by atoms with Crippen LogP contribution in [-0.2, 0) is 16.0 Å². The Hall–Kier alpha value is -2.98. The van der Waals surface area contributed by atoms with Crippen molar-refractivity contribution in [2.75, 3.05) is 32.9 Å². The summed E-state index contributed by atoms with van der Waals surface area (Å²) in [6.45, 7) is 3.49. The predicted molar refractivity (Wildman–Crippen MR) is 162 cm³/mol. The van der Waals surface area contributed by atoms with E-state index in [1.54, 1.807) is 78.6 Å². The number of hydrogen-bond donors (Lipinski definition) is 1. The van der Waals surface area contributed by atoms with Crippen LogP contribution in [0.3, 0.4) is 0 Å². The van der Waals surface area contributed by atoms with Crippen molar-refractivity contribution in [3.8, 4) is 17.2 Å². The molecule has 0 aliphatic rings. The first-order valence-electron chi connectivity index (χ1n) is 13.1. The smallest absolute Gasteiger partial charge is 0.415 e. The van der Waals surface area contributed by atoms with Crippen LogP contribution in [0.5, 0.6) is 17.2 Å². The molecule has 0 aliphatic heterocycles. The summed E-state index contributed by atoms with van der Waals surface area (Å²) in [5.74, 6) is 0.631. The van der Waals surface area contributed by atoms with E-state index < -0.39 is 18.2 Å². The van der Waals surface area contributed by atoms with Gasteiger partial charge in [-0.3, -0.25) is 0 Å². The van der Waals surface area contributed by atoms with Gasteiger partial charge in [0.15, 0.2) is 6.10 Å². The Morgan fingerprint density at radius 2 is 1.49 bits per heavy atom. The molecule has 0 fully saturated rings. The SMILES string of the molecule is CCOC(Cc1ccc(OCCN(CCCCOc2cc(Cl)cc(Cl)c2)C(=O)Oc2ccc(Br)cc2)cc1)C(=O)O. The standard InChI is InChI=1S/C30H32BrCl2NO7/c1-2-38-28(29(35)36)17-21-5-9-25(10-6-21)40-16-14-34(30(37)41-26-11-7-22(31)8-12-26)13-3-4-15-39-27-19-23(32)18-24(33)20-27/h5-12,18-20,28H,2-4,13-17H2,1H3,(H,35,36). The number of unbranched alkanes of at least 4 members (excludes halogenated alkanes) is 1. The monoisotopic (exact) mass is 667 g/mol. The van der Waals surface area contributed by atoms with Crippen LogP contribution < -0.4 is 14.2 Å². The molecule has 0 aliphatic carbocycles. The molecule has 1 atom stereocenters. The lowest BCUT2D eigenvalue weighted by atomic mass is 10.1. The Bertz CT molecular complexity index is 1240. The molecule has 1 N–H and O–H groups in total. The number of ether oxygens (including phenoxy) is 4. The van der Waals surface area contributed by atoms with Crippen LogP contribution >= 0.6 is 39.1 Å². The number of nitrogens with zero attached hydrogens (tertiary/aromatic N) is 1. The first kappa shape index (κ1) is 32.5. The Morgan fingerprint density at radius 1 is 0.854 bits per heavy atom. The van der Waals surface area contributed by atoms with Gasteiger partial charge in [0, 0.05) is 34.1 Å². The maximum Gasteiger partial charge on any atom is 0.415 e. The average Bonchev–Trinajstić information content (AvgIpc) is 2.93. The summed E-state index contributed by atoms with van der Waals surface area (Å²) in [5, 5.41) is 10.3. The van der Waals surface area contributed by atoms with E-state index in [4.69, 9.17) is 42.1 Å². The molecule has 11 heteroatoms. The van der Waals surface area contributed by atoms with Gasteiger partial charge in [0.2, 0.25) is 0 Å². The molecule has 3 aromatic rings. The number of amides is 1. The van der Waals surface area contributed by atoms with Gasteiger partial charge in [-0.05, 0) is 79.9 Å². The van der Waals surface area contributed by atoms with E-state index in [1.807, 2.05) is 0 Å². The summed E-state index contributed by atoms with van der Waals surface area (Å²) < 4.78 is 23.3. The van der Waals surface area contributed by atoms with E-state index in [0.717, 1.165) is 10.0 Å². The predicted octanol–water partition coefficient (Wildman–Crippen LogP) is 7.53. The fraction of sp³-hybridized carbons (Fsp3) is 0.333. The second-order valence-corrected chi connectivity index (χ2v) is 10.7. The normalized spacial score (nSPS) is 11.5. The molecule has 8 nitrogen and oxygen atoms in total. The maximum atomic E-state index is 13.0. The number of aliphatic carboxylic acids is 1. The van der Waals surface area contributed by atoms with Crippen molar-refractivity contribution >= 4 is 51.2 Å². The Kier molecular flexibility index (Phi) is 13.6. The van der Waals surface area contributed by atoms with Crippen LogP contribution in [0.25, 0.3) is 0 Å². The number of carbonyl (C=O) groups excluding carboxylic acids is 1. The van der Waals surface area contributed by atoms with E-state index >= 15 is 0 Å². The molecule has 0 heterocycles. The lowest BCUT2D eigenvalue weighted by Gasteiger charge is -2.22. The Balaban J connectivity index is 1.52. The highest BCUT2D eigenvalue weighted by Gasteiger charge is 2.18. The minimum Gasteiger partial charge on any atom is -0.493 e. The van der Waals surface area contributed by atoms with Gasteiger partial charge in [-0.1, -0.05) is 51.3 Å². The van der Waals surface area contributed by atoms with Gasteiger partial charge in [-0.2, -0.15) is 0 Å². The van der Waals surface area contributed by atoms with Crippen molar-refractivity contribution in [2.24, 2.45) is 0 Å². The molecular formula is C30H32BrCl2NO7. The van der Waals surface area contributed by atoms with Gasteiger partial charge in [0.05, 0.1) is 13.2 Å². The van der Waals surface area contributed by atoms with Crippen LogP contribution in [0.2, 0.25) is 10.0 Å².